The summed E-state index contributed by atoms with van der Waals surface area (Å²) in [6.07, 6.45) is -4.66. The second-order valence-electron chi connectivity index (χ2n) is 7.74. The van der Waals surface area contributed by atoms with Crippen LogP contribution in [0.15, 0.2) is 54.6 Å². The van der Waals surface area contributed by atoms with Gasteiger partial charge in [-0.25, -0.2) is 17.6 Å². The van der Waals surface area contributed by atoms with Gasteiger partial charge in [-0.2, -0.15) is 8.78 Å². The van der Waals surface area contributed by atoms with Crippen LogP contribution in [0.25, 0.3) is 11.1 Å². The summed E-state index contributed by atoms with van der Waals surface area (Å²) in [5, 5.41) is 0. The standard InChI is InChI=1S/C24H18F6O3/c1-13-11-31-23(32-12-13)15-4-7-18(19(25)8-15)14-2-5-16(6-3-14)24(29,30)33-17-9-20(26)22(28)21(27)10-17/h2-10,13,23H,11-12H2,1H3. The molecule has 0 aliphatic carbocycles. The summed E-state index contributed by atoms with van der Waals surface area (Å²) in [5.41, 5.74) is 0.336. The van der Waals surface area contributed by atoms with Gasteiger partial charge in [0.2, 0.25) is 0 Å². The van der Waals surface area contributed by atoms with Gasteiger partial charge in [0, 0.05) is 29.2 Å². The summed E-state index contributed by atoms with van der Waals surface area (Å²) in [4.78, 5) is 0. The molecule has 0 radical (unpaired) electrons. The predicted octanol–water partition coefficient (Wildman–Crippen LogP) is 6.72. The summed E-state index contributed by atoms with van der Waals surface area (Å²) in [5.74, 6) is -6.34. The molecule has 9 heteroatoms. The van der Waals surface area contributed by atoms with Gasteiger partial charge in [-0.15, -0.1) is 0 Å². The number of rotatable bonds is 5. The van der Waals surface area contributed by atoms with Crippen LogP contribution in [-0.2, 0) is 15.6 Å². The molecular formula is C24H18F6O3. The SMILES string of the molecule is CC1COC(c2ccc(-c3ccc(C(F)(F)Oc4cc(F)c(F)c(F)c4)cc3)c(F)c2)OC1. The first-order valence-corrected chi connectivity index (χ1v) is 9.99. The Kier molecular flexibility index (Phi) is 6.36. The first-order chi connectivity index (χ1) is 15.6. The molecule has 33 heavy (non-hydrogen) atoms. The molecule has 0 spiro atoms. The highest BCUT2D eigenvalue weighted by Crippen LogP contribution is 2.35. The molecule has 0 aromatic heterocycles. The van der Waals surface area contributed by atoms with Crippen LogP contribution in [0.3, 0.4) is 0 Å². The van der Waals surface area contributed by atoms with Gasteiger partial charge in [0.05, 0.1) is 18.8 Å². The number of halogens is 6. The minimum Gasteiger partial charge on any atom is -0.429 e. The smallest absolute Gasteiger partial charge is 0.426 e. The summed E-state index contributed by atoms with van der Waals surface area (Å²) in [6.45, 7) is 2.94. The highest BCUT2D eigenvalue weighted by Gasteiger charge is 2.35. The van der Waals surface area contributed by atoms with Crippen molar-refractivity contribution >= 4 is 0 Å². The monoisotopic (exact) mass is 468 g/mol. The minimum atomic E-state index is -3.98. The van der Waals surface area contributed by atoms with Crippen molar-refractivity contribution in [2.24, 2.45) is 5.92 Å². The van der Waals surface area contributed by atoms with Crippen LogP contribution in [0.5, 0.6) is 5.75 Å². The lowest BCUT2D eigenvalue weighted by molar-refractivity contribution is -0.202. The molecule has 1 aliphatic heterocycles. The van der Waals surface area contributed by atoms with Gasteiger partial charge in [0.1, 0.15) is 11.6 Å². The van der Waals surface area contributed by atoms with Gasteiger partial charge in [-0.05, 0) is 23.8 Å². The molecular weight excluding hydrogens is 450 g/mol. The highest BCUT2D eigenvalue weighted by molar-refractivity contribution is 5.65. The Morgan fingerprint density at radius 3 is 2.00 bits per heavy atom. The summed E-state index contributed by atoms with van der Waals surface area (Å²) < 4.78 is 98.6. The van der Waals surface area contributed by atoms with Crippen molar-refractivity contribution < 1.29 is 40.6 Å². The number of ether oxygens (including phenoxy) is 3. The normalized spacial score (nSPS) is 18.9. The second kappa shape index (κ2) is 9.07. The van der Waals surface area contributed by atoms with E-state index in [1.807, 2.05) is 6.92 Å². The zero-order chi connectivity index (χ0) is 23.8. The molecule has 1 aliphatic rings. The molecule has 0 bridgehead atoms. The molecule has 0 atom stereocenters. The van der Waals surface area contributed by atoms with E-state index in [4.69, 9.17) is 9.47 Å². The Balaban J connectivity index is 1.52. The lowest BCUT2D eigenvalue weighted by Gasteiger charge is -2.27. The van der Waals surface area contributed by atoms with Crippen molar-refractivity contribution in [2.75, 3.05) is 13.2 Å². The Labute approximate surface area is 185 Å². The maximum atomic E-state index is 14.7. The maximum absolute atomic E-state index is 14.7. The van der Waals surface area contributed by atoms with Crippen LogP contribution in [0.1, 0.15) is 24.3 Å². The third-order valence-corrected chi connectivity index (χ3v) is 5.06. The highest BCUT2D eigenvalue weighted by atomic mass is 19.3. The van der Waals surface area contributed by atoms with E-state index in [0.29, 0.717) is 36.5 Å². The zero-order valence-electron chi connectivity index (χ0n) is 17.3. The van der Waals surface area contributed by atoms with E-state index in [-0.39, 0.29) is 11.5 Å². The number of benzene rings is 3. The van der Waals surface area contributed by atoms with Crippen molar-refractivity contribution in [3.05, 3.63) is 89.0 Å². The third-order valence-electron chi connectivity index (χ3n) is 5.06. The number of hydrogen-bond acceptors (Lipinski definition) is 3. The quantitative estimate of drug-likeness (QED) is 0.307. The Morgan fingerprint density at radius 1 is 0.818 bits per heavy atom. The second-order valence-corrected chi connectivity index (χ2v) is 7.74. The van der Waals surface area contributed by atoms with E-state index in [1.165, 1.54) is 24.3 Å². The lowest BCUT2D eigenvalue weighted by Crippen LogP contribution is -2.25. The van der Waals surface area contributed by atoms with Crippen molar-refractivity contribution in [1.29, 1.82) is 0 Å². The molecule has 0 unspecified atom stereocenters. The van der Waals surface area contributed by atoms with Crippen LogP contribution in [0.4, 0.5) is 26.3 Å². The predicted molar refractivity (Wildman–Crippen MR) is 106 cm³/mol. The summed E-state index contributed by atoms with van der Waals surface area (Å²) >= 11 is 0. The first-order valence-electron chi connectivity index (χ1n) is 9.99. The molecule has 1 heterocycles. The molecule has 0 saturated carbocycles. The zero-order valence-corrected chi connectivity index (χ0v) is 17.3. The van der Waals surface area contributed by atoms with Gasteiger partial charge in [-0.3, -0.25) is 0 Å². The van der Waals surface area contributed by atoms with Gasteiger partial charge in [0.25, 0.3) is 0 Å². The van der Waals surface area contributed by atoms with Crippen molar-refractivity contribution in [3.63, 3.8) is 0 Å². The molecule has 3 aromatic rings. The van der Waals surface area contributed by atoms with Crippen molar-refractivity contribution in [2.45, 2.75) is 19.3 Å². The van der Waals surface area contributed by atoms with E-state index in [9.17, 15) is 26.3 Å². The summed E-state index contributed by atoms with van der Waals surface area (Å²) in [7, 11) is 0. The molecule has 3 nitrogen and oxygen atoms in total. The van der Waals surface area contributed by atoms with E-state index in [2.05, 4.69) is 4.74 Å². The fourth-order valence-corrected chi connectivity index (χ4v) is 3.35. The third kappa shape index (κ3) is 4.99. The molecule has 0 N–H and O–H groups in total. The van der Waals surface area contributed by atoms with Gasteiger partial charge < -0.3 is 14.2 Å². The minimum absolute atomic E-state index is 0.168. The molecule has 0 amide bonds. The van der Waals surface area contributed by atoms with Crippen molar-refractivity contribution in [1.82, 2.24) is 0 Å². The molecule has 4 rings (SSSR count). The molecule has 174 valence electrons. The van der Waals surface area contributed by atoms with Crippen LogP contribution < -0.4 is 4.74 Å². The fraction of sp³-hybridized carbons (Fsp3) is 0.250. The van der Waals surface area contributed by atoms with Crippen LogP contribution >= 0.6 is 0 Å². The van der Waals surface area contributed by atoms with Crippen LogP contribution in [-0.4, -0.2) is 13.2 Å². The topological polar surface area (TPSA) is 27.7 Å². The van der Waals surface area contributed by atoms with Crippen molar-refractivity contribution in [3.8, 4) is 16.9 Å². The van der Waals surface area contributed by atoms with Gasteiger partial charge in [0.15, 0.2) is 23.7 Å². The lowest BCUT2D eigenvalue weighted by atomic mass is 10.0. The van der Waals surface area contributed by atoms with E-state index < -0.39 is 47.0 Å². The van der Waals surface area contributed by atoms with E-state index in [1.54, 1.807) is 6.07 Å². The average Bonchev–Trinajstić information content (AvgIpc) is 2.78. The Morgan fingerprint density at radius 2 is 1.42 bits per heavy atom. The van der Waals surface area contributed by atoms with E-state index >= 15 is 0 Å². The maximum Gasteiger partial charge on any atom is 0.426 e. The van der Waals surface area contributed by atoms with Gasteiger partial charge in [-0.1, -0.05) is 31.2 Å². The van der Waals surface area contributed by atoms with Crippen LogP contribution in [0, 0.1) is 29.2 Å². The Bertz CT molecular complexity index is 1120. The largest absolute Gasteiger partial charge is 0.429 e. The first kappa shape index (κ1) is 23.1. The molecule has 3 aromatic carbocycles. The van der Waals surface area contributed by atoms with Gasteiger partial charge >= 0.3 is 6.11 Å². The number of hydrogen-bond donors (Lipinski definition) is 0. The van der Waals surface area contributed by atoms with Crippen LogP contribution in [0.2, 0.25) is 0 Å². The van der Waals surface area contributed by atoms with E-state index in [0.717, 1.165) is 12.1 Å². The Hall–Kier alpha value is -3.04. The average molecular weight is 468 g/mol. The fourth-order valence-electron chi connectivity index (χ4n) is 3.35. The molecule has 1 saturated heterocycles. The molecule has 1 fully saturated rings. The number of alkyl halides is 2. The summed E-state index contributed by atoms with van der Waals surface area (Å²) in [6, 6.07) is 9.51.